The quantitative estimate of drug-likeness (QED) is 0.216. The smallest absolute Gasteiger partial charge is 0.136 e. The van der Waals surface area contributed by atoms with Crippen LogP contribution in [0, 0.1) is 0 Å². The number of hydrogen-bond acceptors (Lipinski definition) is 2. The number of fused-ring (bicyclic) bond motifs is 6. The van der Waals surface area contributed by atoms with Crippen molar-refractivity contribution in [2.75, 3.05) is 0 Å². The van der Waals surface area contributed by atoms with Crippen molar-refractivity contribution < 1.29 is 4.42 Å². The summed E-state index contributed by atoms with van der Waals surface area (Å²) in [4.78, 5) is 2.24. The van der Waals surface area contributed by atoms with E-state index in [1.54, 1.807) is 11.8 Å². The molecule has 0 spiro atoms. The second-order valence-electron chi connectivity index (χ2n) is 9.93. The third kappa shape index (κ3) is 3.82. The van der Waals surface area contributed by atoms with Crippen LogP contribution in [0.3, 0.4) is 0 Å². The molecule has 4 heteroatoms. The largest absolute Gasteiger partial charge is 0.456 e. The summed E-state index contributed by atoms with van der Waals surface area (Å²) in [5.41, 5.74) is 7.57. The van der Waals surface area contributed by atoms with Crippen LogP contribution in [-0.2, 0) is 0 Å². The van der Waals surface area contributed by atoms with Crippen LogP contribution in [0.25, 0.3) is 60.6 Å². The number of furan rings is 1. The third-order valence-corrected chi connectivity index (χ3v) is 8.73. The zero-order valence-corrected chi connectivity index (χ0v) is 22.9. The summed E-state index contributed by atoms with van der Waals surface area (Å²) in [5, 5.41) is 5.44. The number of benzene rings is 6. The van der Waals surface area contributed by atoms with E-state index in [9.17, 15) is 0 Å². The van der Waals surface area contributed by atoms with Crippen molar-refractivity contribution in [2.45, 2.75) is 9.79 Å². The molecule has 0 aliphatic rings. The normalized spacial score (nSPS) is 11.7. The maximum Gasteiger partial charge on any atom is 0.136 e. The molecule has 0 radical (unpaired) electrons. The summed E-state index contributed by atoms with van der Waals surface area (Å²) in [6, 6.07) is 46.6. The van der Waals surface area contributed by atoms with Gasteiger partial charge in [-0.3, -0.25) is 0 Å². The van der Waals surface area contributed by atoms with Gasteiger partial charge in [0.05, 0.1) is 11.0 Å². The number of nitrogens with zero attached hydrogens (tertiary/aromatic N) is 1. The molecule has 2 heterocycles. The second kappa shape index (κ2) is 9.34. The summed E-state index contributed by atoms with van der Waals surface area (Å²) in [6.07, 6.45) is 0. The minimum Gasteiger partial charge on any atom is -0.456 e. The molecule has 6 aromatic carbocycles. The van der Waals surface area contributed by atoms with Gasteiger partial charge in [-0.1, -0.05) is 90.1 Å². The van der Waals surface area contributed by atoms with E-state index in [2.05, 4.69) is 114 Å². The van der Waals surface area contributed by atoms with E-state index in [-0.39, 0.29) is 0 Å². The van der Waals surface area contributed by atoms with E-state index in [4.69, 9.17) is 16.0 Å². The van der Waals surface area contributed by atoms with E-state index in [1.807, 2.05) is 24.3 Å². The van der Waals surface area contributed by atoms with E-state index in [0.29, 0.717) is 0 Å². The summed E-state index contributed by atoms with van der Waals surface area (Å²) >= 11 is 8.44. The highest BCUT2D eigenvalue weighted by Gasteiger charge is 2.15. The maximum atomic E-state index is 6.72. The fraction of sp³-hybridized carbons (Fsp3) is 0. The molecule has 0 aliphatic carbocycles. The molecular weight excluding hydrogens is 530 g/mol. The molecular formula is C36H22ClNOS. The molecule has 40 heavy (non-hydrogen) atoms. The van der Waals surface area contributed by atoms with Crippen LogP contribution in [0.1, 0.15) is 0 Å². The topological polar surface area (TPSA) is 18.1 Å². The summed E-state index contributed by atoms with van der Waals surface area (Å²) in [7, 11) is 0. The van der Waals surface area contributed by atoms with Crippen molar-refractivity contribution in [3.8, 4) is 16.8 Å². The first-order valence-corrected chi connectivity index (χ1v) is 14.4. The van der Waals surface area contributed by atoms with Crippen LogP contribution < -0.4 is 0 Å². The van der Waals surface area contributed by atoms with Gasteiger partial charge in [-0.2, -0.15) is 0 Å². The standard InChI is InChI=1S/C36H22ClNOS/c37-25-19-24(20-27(22-25)40-35-16-8-15-34-36(35)29-12-5-7-14-33(29)39-34)23-17-18-32-30(21-23)28-11-4-6-13-31(28)38(32)26-9-2-1-3-10-26/h1-22H. The van der Waals surface area contributed by atoms with Gasteiger partial charge in [-0.15, -0.1) is 0 Å². The lowest BCUT2D eigenvalue weighted by Crippen LogP contribution is -1.92. The highest BCUT2D eigenvalue weighted by molar-refractivity contribution is 7.99. The number of aromatic nitrogens is 1. The highest BCUT2D eigenvalue weighted by Crippen LogP contribution is 2.41. The Bertz CT molecular complexity index is 2210. The van der Waals surface area contributed by atoms with Gasteiger partial charge in [-0.05, 0) is 77.9 Å². The molecule has 0 saturated carbocycles. The van der Waals surface area contributed by atoms with Crippen LogP contribution in [0.15, 0.2) is 148 Å². The lowest BCUT2D eigenvalue weighted by atomic mass is 10.0. The first-order valence-electron chi connectivity index (χ1n) is 13.2. The predicted molar refractivity (Wildman–Crippen MR) is 169 cm³/mol. The lowest BCUT2D eigenvalue weighted by Gasteiger charge is -2.10. The van der Waals surface area contributed by atoms with Gasteiger partial charge in [0.1, 0.15) is 11.2 Å². The Kier molecular flexibility index (Phi) is 5.47. The molecule has 0 N–H and O–H groups in total. The van der Waals surface area contributed by atoms with Crippen LogP contribution in [0.2, 0.25) is 5.02 Å². The Morgan fingerprint density at radius 3 is 2.20 bits per heavy atom. The molecule has 0 saturated heterocycles. The van der Waals surface area contributed by atoms with Crippen molar-refractivity contribution in [3.05, 3.63) is 138 Å². The number of para-hydroxylation sites is 3. The number of rotatable bonds is 4. The van der Waals surface area contributed by atoms with Crippen LogP contribution in [0.5, 0.6) is 0 Å². The molecule has 2 aromatic heterocycles. The predicted octanol–water partition coefficient (Wildman–Crippen LogP) is 11.2. The molecule has 2 nitrogen and oxygen atoms in total. The van der Waals surface area contributed by atoms with Crippen LogP contribution >= 0.6 is 23.4 Å². The Hall–Kier alpha value is -4.44. The Morgan fingerprint density at radius 2 is 1.30 bits per heavy atom. The van der Waals surface area contributed by atoms with Gasteiger partial charge in [0.15, 0.2) is 0 Å². The summed E-state index contributed by atoms with van der Waals surface area (Å²) in [6.45, 7) is 0. The molecule has 0 amide bonds. The van der Waals surface area contributed by atoms with E-state index >= 15 is 0 Å². The molecule has 8 rings (SSSR count). The van der Waals surface area contributed by atoms with Crippen molar-refractivity contribution in [2.24, 2.45) is 0 Å². The third-order valence-electron chi connectivity index (χ3n) is 7.48. The molecule has 0 aliphatic heterocycles. The first-order chi connectivity index (χ1) is 19.7. The Balaban J connectivity index is 1.25. The monoisotopic (exact) mass is 551 g/mol. The average Bonchev–Trinajstić information content (AvgIpc) is 3.53. The fourth-order valence-corrected chi connectivity index (χ4v) is 7.13. The number of halogens is 1. The Morgan fingerprint density at radius 1 is 0.550 bits per heavy atom. The number of hydrogen-bond donors (Lipinski definition) is 0. The van der Waals surface area contributed by atoms with Gasteiger partial charge in [-0.25, -0.2) is 0 Å². The minimum atomic E-state index is 0.719. The molecule has 8 aromatic rings. The zero-order chi connectivity index (χ0) is 26.6. The maximum absolute atomic E-state index is 6.72. The van der Waals surface area contributed by atoms with Gasteiger partial charge in [0, 0.05) is 42.0 Å². The van der Waals surface area contributed by atoms with Crippen molar-refractivity contribution >= 4 is 67.1 Å². The van der Waals surface area contributed by atoms with Gasteiger partial charge >= 0.3 is 0 Å². The van der Waals surface area contributed by atoms with E-state index in [0.717, 1.165) is 53.6 Å². The molecule has 0 bridgehead atoms. The van der Waals surface area contributed by atoms with Crippen molar-refractivity contribution in [1.82, 2.24) is 4.57 Å². The summed E-state index contributed by atoms with van der Waals surface area (Å²) in [5.74, 6) is 0. The molecule has 190 valence electrons. The van der Waals surface area contributed by atoms with Crippen molar-refractivity contribution in [3.63, 3.8) is 0 Å². The highest BCUT2D eigenvalue weighted by atomic mass is 35.5. The van der Waals surface area contributed by atoms with Crippen LogP contribution in [-0.4, -0.2) is 4.57 Å². The SMILES string of the molecule is Clc1cc(Sc2cccc3oc4ccccc4c23)cc(-c2ccc3c(c2)c2ccccc2n3-c2ccccc2)c1. The molecule has 0 fully saturated rings. The Labute approximate surface area is 240 Å². The van der Waals surface area contributed by atoms with Gasteiger partial charge in [0.25, 0.3) is 0 Å². The molecule has 0 atom stereocenters. The fourth-order valence-electron chi connectivity index (χ4n) is 5.75. The zero-order valence-electron chi connectivity index (χ0n) is 21.3. The lowest BCUT2D eigenvalue weighted by molar-refractivity contribution is 0.668. The second-order valence-corrected chi connectivity index (χ2v) is 11.5. The molecule has 0 unspecified atom stereocenters. The van der Waals surface area contributed by atoms with Gasteiger partial charge < -0.3 is 8.98 Å². The van der Waals surface area contributed by atoms with Crippen molar-refractivity contribution in [1.29, 1.82) is 0 Å². The minimum absolute atomic E-state index is 0.719. The van der Waals surface area contributed by atoms with Gasteiger partial charge in [0.2, 0.25) is 0 Å². The summed E-state index contributed by atoms with van der Waals surface area (Å²) < 4.78 is 8.45. The van der Waals surface area contributed by atoms with E-state index in [1.165, 1.54) is 21.8 Å². The average molecular weight is 552 g/mol. The van der Waals surface area contributed by atoms with E-state index < -0.39 is 0 Å². The first kappa shape index (κ1) is 23.4. The van der Waals surface area contributed by atoms with Crippen LogP contribution in [0.4, 0.5) is 0 Å².